The molecule has 0 spiro atoms. The molecule has 1 aromatic carbocycles. The Labute approximate surface area is 106 Å². The predicted octanol–water partition coefficient (Wildman–Crippen LogP) is 1.71. The van der Waals surface area contributed by atoms with Gasteiger partial charge in [-0.15, -0.1) is 0 Å². The highest BCUT2D eigenvalue weighted by molar-refractivity contribution is 5.70. The molecule has 2 aromatic rings. The van der Waals surface area contributed by atoms with Crippen LogP contribution in [0.5, 0.6) is 5.75 Å². The molecule has 0 unspecified atom stereocenters. The molecule has 1 atom stereocenters. The van der Waals surface area contributed by atoms with Crippen LogP contribution >= 0.6 is 0 Å². The van der Waals surface area contributed by atoms with Crippen molar-refractivity contribution in [2.75, 3.05) is 6.54 Å². The van der Waals surface area contributed by atoms with E-state index in [2.05, 4.69) is 29.0 Å². The molecule has 18 heavy (non-hydrogen) atoms. The highest BCUT2D eigenvalue weighted by atomic mass is 16.5. The van der Waals surface area contributed by atoms with Crippen molar-refractivity contribution >= 4 is 0 Å². The summed E-state index contributed by atoms with van der Waals surface area (Å²) in [6.07, 6.45) is 6.08. The lowest BCUT2D eigenvalue weighted by Crippen LogP contribution is -2.24. The second kappa shape index (κ2) is 4.38. The van der Waals surface area contributed by atoms with Gasteiger partial charge in [0, 0.05) is 30.9 Å². The van der Waals surface area contributed by atoms with Gasteiger partial charge in [0.25, 0.3) is 0 Å². The van der Waals surface area contributed by atoms with Crippen molar-refractivity contribution in [3.05, 3.63) is 41.9 Å². The van der Waals surface area contributed by atoms with Gasteiger partial charge in [0.1, 0.15) is 11.9 Å². The molecule has 1 aliphatic rings. The van der Waals surface area contributed by atoms with Gasteiger partial charge in [0.15, 0.2) is 0 Å². The quantitative estimate of drug-likeness (QED) is 0.869. The number of aryl methyl sites for hydroxylation is 1. The van der Waals surface area contributed by atoms with Crippen LogP contribution in [-0.2, 0) is 6.42 Å². The molecule has 0 radical (unpaired) electrons. The van der Waals surface area contributed by atoms with Gasteiger partial charge >= 0.3 is 0 Å². The van der Waals surface area contributed by atoms with Crippen LogP contribution in [-0.4, -0.2) is 22.6 Å². The highest BCUT2D eigenvalue weighted by Gasteiger charge is 2.25. The Morgan fingerprint density at radius 1 is 1.39 bits per heavy atom. The lowest BCUT2D eigenvalue weighted by molar-refractivity contribution is 0.242. The van der Waals surface area contributed by atoms with Crippen LogP contribution in [0.1, 0.15) is 11.1 Å². The molecule has 0 bridgehead atoms. The number of aromatic nitrogens is 2. The summed E-state index contributed by atoms with van der Waals surface area (Å²) in [7, 11) is 0. The molecule has 2 N–H and O–H groups in total. The van der Waals surface area contributed by atoms with Gasteiger partial charge in [-0.2, -0.15) is 0 Å². The Balaban J connectivity index is 2.12. The SMILES string of the molecule is Cc1cc2c(c(-c3cnccn3)c1)O[C@H](CN)C2. The highest BCUT2D eigenvalue weighted by Crippen LogP contribution is 2.38. The van der Waals surface area contributed by atoms with Gasteiger partial charge in [-0.1, -0.05) is 6.07 Å². The Kier molecular flexibility index (Phi) is 2.72. The van der Waals surface area contributed by atoms with Crippen LogP contribution in [0, 0.1) is 6.92 Å². The number of ether oxygens (including phenoxy) is 1. The summed E-state index contributed by atoms with van der Waals surface area (Å²) in [6, 6.07) is 4.24. The zero-order chi connectivity index (χ0) is 12.5. The summed E-state index contributed by atoms with van der Waals surface area (Å²) in [6.45, 7) is 2.61. The van der Waals surface area contributed by atoms with Crippen LogP contribution in [0.25, 0.3) is 11.3 Å². The summed E-state index contributed by atoms with van der Waals surface area (Å²) in [5.41, 5.74) is 9.96. The van der Waals surface area contributed by atoms with E-state index in [0.29, 0.717) is 6.54 Å². The number of fused-ring (bicyclic) bond motifs is 1. The number of hydrogen-bond donors (Lipinski definition) is 1. The van der Waals surface area contributed by atoms with E-state index >= 15 is 0 Å². The maximum atomic E-state index is 5.90. The van der Waals surface area contributed by atoms with Gasteiger partial charge < -0.3 is 10.5 Å². The van der Waals surface area contributed by atoms with Crippen molar-refractivity contribution in [1.82, 2.24) is 9.97 Å². The minimum absolute atomic E-state index is 0.0808. The molecule has 0 saturated heterocycles. The second-order valence-corrected chi connectivity index (χ2v) is 4.57. The topological polar surface area (TPSA) is 61.0 Å². The van der Waals surface area contributed by atoms with E-state index in [4.69, 9.17) is 10.5 Å². The average Bonchev–Trinajstić information content (AvgIpc) is 2.81. The third-order valence-electron chi connectivity index (χ3n) is 3.14. The monoisotopic (exact) mass is 241 g/mol. The molecular weight excluding hydrogens is 226 g/mol. The fourth-order valence-electron chi connectivity index (χ4n) is 2.35. The summed E-state index contributed by atoms with van der Waals surface area (Å²) >= 11 is 0. The normalized spacial score (nSPS) is 17.3. The van der Waals surface area contributed by atoms with Crippen molar-refractivity contribution in [3.63, 3.8) is 0 Å². The molecule has 92 valence electrons. The van der Waals surface area contributed by atoms with Gasteiger partial charge in [-0.25, -0.2) is 0 Å². The third-order valence-corrected chi connectivity index (χ3v) is 3.14. The van der Waals surface area contributed by atoms with E-state index in [9.17, 15) is 0 Å². The number of hydrogen-bond acceptors (Lipinski definition) is 4. The lowest BCUT2D eigenvalue weighted by Gasteiger charge is -2.10. The molecule has 2 heterocycles. The standard InChI is InChI=1S/C14H15N3O/c1-9-4-10-6-11(7-15)18-14(10)12(5-9)13-8-16-2-3-17-13/h2-5,8,11H,6-7,15H2,1H3/t11-/m0/s1. The molecule has 0 amide bonds. The summed E-state index contributed by atoms with van der Waals surface area (Å²) < 4.78 is 5.90. The van der Waals surface area contributed by atoms with Crippen LogP contribution in [0.2, 0.25) is 0 Å². The number of nitrogens with zero attached hydrogens (tertiary/aromatic N) is 2. The van der Waals surface area contributed by atoms with Crippen LogP contribution in [0.4, 0.5) is 0 Å². The predicted molar refractivity (Wildman–Crippen MR) is 69.4 cm³/mol. The average molecular weight is 241 g/mol. The Morgan fingerprint density at radius 3 is 3.00 bits per heavy atom. The van der Waals surface area contributed by atoms with E-state index in [1.54, 1.807) is 18.6 Å². The molecule has 0 saturated carbocycles. The summed E-state index contributed by atoms with van der Waals surface area (Å²) in [5.74, 6) is 0.913. The molecule has 1 aromatic heterocycles. The maximum absolute atomic E-state index is 5.90. The first-order chi connectivity index (χ1) is 8.78. The fourth-order valence-corrected chi connectivity index (χ4v) is 2.35. The zero-order valence-electron chi connectivity index (χ0n) is 10.3. The van der Waals surface area contributed by atoms with Crippen molar-refractivity contribution in [2.45, 2.75) is 19.4 Å². The lowest BCUT2D eigenvalue weighted by atomic mass is 10.0. The molecule has 1 aliphatic heterocycles. The zero-order valence-corrected chi connectivity index (χ0v) is 10.3. The molecule has 0 aliphatic carbocycles. The molecule has 4 nitrogen and oxygen atoms in total. The van der Waals surface area contributed by atoms with Gasteiger partial charge in [-0.05, 0) is 24.1 Å². The fraction of sp³-hybridized carbons (Fsp3) is 0.286. The number of nitrogens with two attached hydrogens (primary N) is 1. The van der Waals surface area contributed by atoms with E-state index in [0.717, 1.165) is 23.4 Å². The first kappa shape index (κ1) is 11.2. The molecule has 3 rings (SSSR count). The minimum Gasteiger partial charge on any atom is -0.488 e. The van der Waals surface area contributed by atoms with E-state index in [1.807, 2.05) is 0 Å². The van der Waals surface area contributed by atoms with E-state index < -0.39 is 0 Å². The summed E-state index contributed by atoms with van der Waals surface area (Å²) in [4.78, 5) is 8.46. The Bertz CT molecular complexity index is 569. The Morgan fingerprint density at radius 2 is 2.28 bits per heavy atom. The van der Waals surface area contributed by atoms with Crippen LogP contribution in [0.15, 0.2) is 30.7 Å². The maximum Gasteiger partial charge on any atom is 0.132 e. The summed E-state index contributed by atoms with van der Waals surface area (Å²) in [5, 5.41) is 0. The second-order valence-electron chi connectivity index (χ2n) is 4.57. The first-order valence-electron chi connectivity index (χ1n) is 6.04. The molecule has 0 fully saturated rings. The van der Waals surface area contributed by atoms with E-state index in [1.165, 1.54) is 11.1 Å². The number of rotatable bonds is 2. The third kappa shape index (κ3) is 1.84. The van der Waals surface area contributed by atoms with E-state index in [-0.39, 0.29) is 6.10 Å². The van der Waals surface area contributed by atoms with Crippen molar-refractivity contribution in [1.29, 1.82) is 0 Å². The van der Waals surface area contributed by atoms with Crippen LogP contribution < -0.4 is 10.5 Å². The number of benzene rings is 1. The molecular formula is C14H15N3O. The van der Waals surface area contributed by atoms with Gasteiger partial charge in [-0.3, -0.25) is 9.97 Å². The molecule has 4 heteroatoms. The smallest absolute Gasteiger partial charge is 0.132 e. The van der Waals surface area contributed by atoms with Gasteiger partial charge in [0.2, 0.25) is 0 Å². The Hall–Kier alpha value is -1.94. The van der Waals surface area contributed by atoms with Crippen molar-refractivity contribution < 1.29 is 4.74 Å². The van der Waals surface area contributed by atoms with Crippen molar-refractivity contribution in [3.8, 4) is 17.0 Å². The first-order valence-corrected chi connectivity index (χ1v) is 6.04. The largest absolute Gasteiger partial charge is 0.488 e. The van der Waals surface area contributed by atoms with Crippen molar-refractivity contribution in [2.24, 2.45) is 5.73 Å². The van der Waals surface area contributed by atoms with Crippen LogP contribution in [0.3, 0.4) is 0 Å². The minimum atomic E-state index is 0.0808. The van der Waals surface area contributed by atoms with Gasteiger partial charge in [0.05, 0.1) is 11.9 Å².